The summed E-state index contributed by atoms with van der Waals surface area (Å²) in [5, 5.41) is 9.53. The Kier molecular flexibility index (Phi) is 8.87. The summed E-state index contributed by atoms with van der Waals surface area (Å²) < 4.78 is 6.05. The average Bonchev–Trinajstić information content (AvgIpc) is 2.54. The number of hydrogen-bond donors (Lipinski definition) is 3. The SMILES string of the molecule is CCNC(=NCC1CCCOC1C(C)(C)C)NCCNC(=O)C(C)(C)C. The second kappa shape index (κ2) is 10.1. The van der Waals surface area contributed by atoms with E-state index in [9.17, 15) is 4.79 Å². The fourth-order valence-corrected chi connectivity index (χ4v) is 3.16. The first-order valence-electron chi connectivity index (χ1n) is 9.97. The lowest BCUT2D eigenvalue weighted by atomic mass is 9.78. The fourth-order valence-electron chi connectivity index (χ4n) is 3.16. The quantitative estimate of drug-likeness (QED) is 0.383. The van der Waals surface area contributed by atoms with E-state index in [-0.39, 0.29) is 22.8 Å². The van der Waals surface area contributed by atoms with Crippen molar-refractivity contribution in [2.45, 2.75) is 67.4 Å². The highest BCUT2D eigenvalue weighted by atomic mass is 16.5. The number of nitrogens with zero attached hydrogens (tertiary/aromatic N) is 1. The van der Waals surface area contributed by atoms with Crippen LogP contribution in [0.3, 0.4) is 0 Å². The van der Waals surface area contributed by atoms with Crippen molar-refractivity contribution in [3.8, 4) is 0 Å². The van der Waals surface area contributed by atoms with Gasteiger partial charge in [0, 0.05) is 44.1 Å². The predicted molar refractivity (Wildman–Crippen MR) is 108 cm³/mol. The lowest BCUT2D eigenvalue weighted by Crippen LogP contribution is -2.44. The molecular weight excluding hydrogens is 328 g/mol. The van der Waals surface area contributed by atoms with Crippen LogP contribution in [0.5, 0.6) is 0 Å². The van der Waals surface area contributed by atoms with Crippen molar-refractivity contribution in [1.82, 2.24) is 16.0 Å². The number of carbonyl (C=O) groups excluding carboxylic acids is 1. The first kappa shape index (κ1) is 22.7. The summed E-state index contributed by atoms with van der Waals surface area (Å²) in [7, 11) is 0. The molecule has 1 aliphatic rings. The highest BCUT2D eigenvalue weighted by Crippen LogP contribution is 2.34. The van der Waals surface area contributed by atoms with Gasteiger partial charge in [-0.2, -0.15) is 0 Å². The van der Waals surface area contributed by atoms with Crippen molar-refractivity contribution in [1.29, 1.82) is 0 Å². The van der Waals surface area contributed by atoms with Crippen molar-refractivity contribution in [2.24, 2.45) is 21.7 Å². The molecule has 1 amide bonds. The summed E-state index contributed by atoms with van der Waals surface area (Å²) in [6, 6.07) is 0. The third-order valence-electron chi connectivity index (χ3n) is 4.51. The summed E-state index contributed by atoms with van der Waals surface area (Å²) in [5.41, 5.74) is -0.231. The van der Waals surface area contributed by atoms with Crippen LogP contribution in [0.15, 0.2) is 4.99 Å². The van der Waals surface area contributed by atoms with Crippen LogP contribution in [0.2, 0.25) is 0 Å². The topological polar surface area (TPSA) is 74.8 Å². The van der Waals surface area contributed by atoms with Crippen LogP contribution >= 0.6 is 0 Å². The highest BCUT2D eigenvalue weighted by molar-refractivity contribution is 5.81. The van der Waals surface area contributed by atoms with Crippen LogP contribution in [-0.4, -0.2) is 50.8 Å². The molecule has 0 saturated carbocycles. The van der Waals surface area contributed by atoms with Crippen LogP contribution in [0.4, 0.5) is 0 Å². The number of carbonyl (C=O) groups is 1. The average molecular weight is 369 g/mol. The fraction of sp³-hybridized carbons (Fsp3) is 0.900. The molecule has 0 aromatic heterocycles. The van der Waals surface area contributed by atoms with E-state index in [2.05, 4.69) is 43.6 Å². The molecule has 0 bridgehead atoms. The predicted octanol–water partition coefficient (Wildman–Crippen LogP) is 2.55. The third-order valence-corrected chi connectivity index (χ3v) is 4.51. The molecule has 1 rings (SSSR count). The Morgan fingerprint density at radius 3 is 2.31 bits per heavy atom. The van der Waals surface area contributed by atoms with E-state index in [0.29, 0.717) is 19.0 Å². The van der Waals surface area contributed by atoms with E-state index >= 15 is 0 Å². The number of guanidine groups is 1. The molecule has 1 aliphatic heterocycles. The van der Waals surface area contributed by atoms with E-state index in [1.165, 1.54) is 0 Å². The number of rotatable bonds is 6. The molecule has 0 aromatic carbocycles. The summed E-state index contributed by atoms with van der Waals surface area (Å²) in [5.74, 6) is 1.31. The van der Waals surface area contributed by atoms with Gasteiger partial charge in [0.1, 0.15) is 0 Å². The van der Waals surface area contributed by atoms with Gasteiger partial charge < -0.3 is 20.7 Å². The van der Waals surface area contributed by atoms with Crippen LogP contribution < -0.4 is 16.0 Å². The van der Waals surface area contributed by atoms with Gasteiger partial charge in [-0.3, -0.25) is 9.79 Å². The molecule has 26 heavy (non-hydrogen) atoms. The first-order valence-corrected chi connectivity index (χ1v) is 9.97. The van der Waals surface area contributed by atoms with Crippen LogP contribution in [0.1, 0.15) is 61.3 Å². The van der Waals surface area contributed by atoms with Gasteiger partial charge in [-0.25, -0.2) is 0 Å². The van der Waals surface area contributed by atoms with E-state index in [1.54, 1.807) is 0 Å². The largest absolute Gasteiger partial charge is 0.377 e. The zero-order chi connectivity index (χ0) is 19.8. The summed E-state index contributed by atoms with van der Waals surface area (Å²) in [4.78, 5) is 16.7. The van der Waals surface area contributed by atoms with Crippen LogP contribution in [0.25, 0.3) is 0 Å². The van der Waals surface area contributed by atoms with Gasteiger partial charge >= 0.3 is 0 Å². The van der Waals surface area contributed by atoms with Gasteiger partial charge in [-0.1, -0.05) is 41.5 Å². The molecule has 6 heteroatoms. The monoisotopic (exact) mass is 368 g/mol. The van der Waals surface area contributed by atoms with Crippen LogP contribution in [0, 0.1) is 16.7 Å². The number of ether oxygens (including phenoxy) is 1. The van der Waals surface area contributed by atoms with Gasteiger partial charge in [0.2, 0.25) is 5.91 Å². The maximum Gasteiger partial charge on any atom is 0.225 e. The van der Waals surface area contributed by atoms with Crippen molar-refractivity contribution in [3.05, 3.63) is 0 Å². The third kappa shape index (κ3) is 7.94. The number of nitrogens with one attached hydrogen (secondary N) is 3. The van der Waals surface area contributed by atoms with Crippen molar-refractivity contribution >= 4 is 11.9 Å². The molecule has 0 aliphatic carbocycles. The van der Waals surface area contributed by atoms with Crippen LogP contribution in [-0.2, 0) is 9.53 Å². The van der Waals surface area contributed by atoms with Crippen molar-refractivity contribution in [2.75, 3.05) is 32.8 Å². The second-order valence-electron chi connectivity index (χ2n) is 9.21. The molecule has 2 unspecified atom stereocenters. The van der Waals surface area contributed by atoms with Crippen molar-refractivity contribution < 1.29 is 9.53 Å². The van der Waals surface area contributed by atoms with E-state index < -0.39 is 0 Å². The Hall–Kier alpha value is -1.30. The Morgan fingerprint density at radius 1 is 1.08 bits per heavy atom. The normalized spacial score (nSPS) is 22.0. The van der Waals surface area contributed by atoms with Gasteiger partial charge in [-0.05, 0) is 25.2 Å². The Labute approximate surface area is 159 Å². The molecule has 6 nitrogen and oxygen atoms in total. The summed E-state index contributed by atoms with van der Waals surface area (Å²) in [6.07, 6.45) is 2.51. The van der Waals surface area contributed by atoms with E-state index in [0.717, 1.165) is 38.5 Å². The van der Waals surface area contributed by atoms with Gasteiger partial charge in [0.15, 0.2) is 5.96 Å². The maximum atomic E-state index is 11.9. The standard InChI is InChI=1S/C20H40N4O2/c1-8-21-18(23-12-11-22-17(25)20(5,6)7)24-14-15-10-9-13-26-16(15)19(2,3)4/h15-16H,8-14H2,1-7H3,(H,22,25)(H2,21,23,24). The molecule has 152 valence electrons. The molecule has 0 radical (unpaired) electrons. The minimum absolute atomic E-state index is 0.0635. The Balaban J connectivity index is 2.53. The molecular formula is C20H40N4O2. The molecule has 1 saturated heterocycles. The smallest absolute Gasteiger partial charge is 0.225 e. The Morgan fingerprint density at radius 2 is 1.73 bits per heavy atom. The van der Waals surface area contributed by atoms with Gasteiger partial charge in [0.25, 0.3) is 0 Å². The number of hydrogen-bond acceptors (Lipinski definition) is 3. The number of aliphatic imine (C=N–C) groups is 1. The zero-order valence-electron chi connectivity index (χ0n) is 17.9. The van der Waals surface area contributed by atoms with Gasteiger partial charge in [-0.15, -0.1) is 0 Å². The lowest BCUT2D eigenvalue weighted by Gasteiger charge is -2.39. The van der Waals surface area contributed by atoms with Crippen molar-refractivity contribution in [3.63, 3.8) is 0 Å². The first-order chi connectivity index (χ1) is 12.1. The lowest BCUT2D eigenvalue weighted by molar-refractivity contribution is -0.128. The second-order valence-corrected chi connectivity index (χ2v) is 9.21. The minimum Gasteiger partial charge on any atom is -0.377 e. The molecule has 0 spiro atoms. The molecule has 2 atom stereocenters. The highest BCUT2D eigenvalue weighted by Gasteiger charge is 2.35. The molecule has 3 N–H and O–H groups in total. The molecule has 1 fully saturated rings. The summed E-state index contributed by atoms with van der Waals surface area (Å²) >= 11 is 0. The molecule has 0 aromatic rings. The summed E-state index contributed by atoms with van der Waals surface area (Å²) in [6.45, 7) is 18.2. The maximum absolute atomic E-state index is 11.9. The Bertz CT molecular complexity index is 463. The zero-order valence-corrected chi connectivity index (χ0v) is 17.9. The van der Waals surface area contributed by atoms with E-state index in [1.807, 2.05) is 20.8 Å². The minimum atomic E-state index is -0.360. The molecule has 1 heterocycles. The number of amides is 1. The van der Waals surface area contributed by atoms with E-state index in [4.69, 9.17) is 9.73 Å². The van der Waals surface area contributed by atoms with Gasteiger partial charge in [0.05, 0.1) is 6.10 Å².